The Morgan fingerprint density at radius 1 is 0.108 bits per heavy atom. The van der Waals surface area contributed by atoms with Gasteiger partial charge in [0.2, 0.25) is 11.9 Å². The molecule has 0 bridgehead atoms. The van der Waals surface area contributed by atoms with Gasteiger partial charge in [0.05, 0.1) is 78.3 Å². The highest BCUT2D eigenvalue weighted by atomic mass is 15.2. The summed E-state index contributed by atoms with van der Waals surface area (Å²) in [4.78, 5) is 43.4. The van der Waals surface area contributed by atoms with Crippen molar-refractivity contribution in [3.8, 4) is 192 Å². The summed E-state index contributed by atoms with van der Waals surface area (Å²) >= 11 is 0. The molecule has 0 saturated heterocycles. The van der Waals surface area contributed by atoms with Crippen LogP contribution in [0.25, 0.3) is 279 Å². The number of aromatic nitrogens is 12. The van der Waals surface area contributed by atoms with Gasteiger partial charge in [0.25, 0.3) is 0 Å². The van der Waals surface area contributed by atoms with Crippen molar-refractivity contribution in [2.24, 2.45) is 0 Å². The zero-order valence-electron chi connectivity index (χ0n) is 80.0. The van der Waals surface area contributed by atoms with Gasteiger partial charge >= 0.3 is 0 Å². The van der Waals surface area contributed by atoms with Crippen LogP contribution >= 0.6 is 0 Å². The Balaban J connectivity index is 0.464. The number of fused-ring (bicyclic) bond motifs is 12. The van der Waals surface area contributed by atoms with E-state index in [-0.39, 0.29) is 0 Å². The lowest BCUT2D eigenvalue weighted by molar-refractivity contribution is 0.995. The predicted molar refractivity (Wildman–Crippen MR) is 608 cm³/mol. The van der Waals surface area contributed by atoms with E-state index in [9.17, 15) is 0 Å². The third-order valence-electron chi connectivity index (χ3n) is 28.9. The third kappa shape index (κ3) is 15.5. The second-order valence-electron chi connectivity index (χ2n) is 37.8. The number of benzene rings is 20. The van der Waals surface area contributed by atoms with E-state index in [2.05, 4.69) is 504 Å². The van der Waals surface area contributed by atoms with Gasteiger partial charge in [0.1, 0.15) is 11.6 Å². The molecule has 0 saturated carbocycles. The van der Waals surface area contributed by atoms with Gasteiger partial charge < -0.3 is 0 Å². The molecule has 12 heteroatoms. The van der Waals surface area contributed by atoms with E-state index in [4.69, 9.17) is 39.9 Å². The summed E-state index contributed by atoms with van der Waals surface area (Å²) < 4.78 is 9.06. The number of para-hydroxylation sites is 4. The van der Waals surface area contributed by atoms with E-state index < -0.39 is 0 Å². The summed E-state index contributed by atoms with van der Waals surface area (Å²) in [6, 6.07) is 185. The van der Waals surface area contributed by atoms with Gasteiger partial charge in [-0.3, -0.25) is 18.3 Å². The van der Waals surface area contributed by atoms with E-state index in [0.29, 0.717) is 23.5 Å². The monoisotopic (exact) mass is 1890 g/mol. The van der Waals surface area contributed by atoms with Crippen LogP contribution in [0.1, 0.15) is 0 Å². The number of hydrogen-bond donors (Lipinski definition) is 0. The fourth-order valence-corrected chi connectivity index (χ4v) is 21.6. The standard InChI is InChI=1S/C136H86N12/c1-7-31-87(32-8-1)97-43-27-47-105(75-97)119-83-117(93-35-11-3-12-36-93)139-135(141-119)147-125-57-25-21-53-111(125)115-81-103(69-73-129(115)147)104-70-74-130-116(82-104)112-54-22-26-58-126(112)148(130)136-140-118(94-37-13-4-14-38-94)84-120(142-136)106-48-29-45-99(77-106)91-63-59-89(60-64-91)90-61-65-92(66-62-90)100-46-30-50-108(78-100)122-86-132(144-134(138-122)96-41-17-6-18-42-96)146-124-56-24-20-52-110(124)114-80-102(68-72-128(114)146)101-67-71-127-113(79-101)109-51-19-23-55-123(109)145(127)131-85-121(137-133(143-131)95-39-15-5-16-40-95)107-49-28-44-98(76-107)88-33-9-2-10-34-88/h1-86H. The minimum absolute atomic E-state index is 0.581. The Hall–Kier alpha value is -20.1. The number of rotatable bonds is 19. The van der Waals surface area contributed by atoms with E-state index >= 15 is 0 Å². The molecule has 0 unspecified atom stereocenters. The molecule has 0 aliphatic carbocycles. The van der Waals surface area contributed by atoms with Crippen LogP contribution in [0, 0.1) is 0 Å². The van der Waals surface area contributed by atoms with Crippen molar-refractivity contribution in [3.05, 3.63) is 522 Å². The van der Waals surface area contributed by atoms with E-state index in [1.807, 2.05) is 36.4 Å². The van der Waals surface area contributed by atoms with Crippen molar-refractivity contribution in [2.75, 3.05) is 0 Å². The average molecular weight is 1890 g/mol. The molecule has 0 atom stereocenters. The van der Waals surface area contributed by atoms with Crippen LogP contribution in [-0.2, 0) is 0 Å². The van der Waals surface area contributed by atoms with Crippen molar-refractivity contribution >= 4 is 87.2 Å². The summed E-state index contributed by atoms with van der Waals surface area (Å²) in [7, 11) is 0. The number of hydrogen-bond acceptors (Lipinski definition) is 8. The van der Waals surface area contributed by atoms with Gasteiger partial charge in [-0.15, -0.1) is 0 Å². The normalized spacial score (nSPS) is 11.6. The highest BCUT2D eigenvalue weighted by Gasteiger charge is 2.26. The summed E-state index contributed by atoms with van der Waals surface area (Å²) in [6.45, 7) is 0. The van der Waals surface area contributed by atoms with Crippen molar-refractivity contribution in [3.63, 3.8) is 0 Å². The molecule has 0 spiro atoms. The van der Waals surface area contributed by atoms with Crippen LogP contribution in [0.15, 0.2) is 522 Å². The quantitative estimate of drug-likeness (QED) is 0.0784. The third-order valence-corrected chi connectivity index (χ3v) is 28.9. The van der Waals surface area contributed by atoms with Gasteiger partial charge in [0, 0.05) is 99.7 Å². The molecule has 28 rings (SSSR count). The lowest BCUT2D eigenvalue weighted by Gasteiger charge is -2.13. The summed E-state index contributed by atoms with van der Waals surface area (Å²) in [5.74, 6) is 4.03. The highest BCUT2D eigenvalue weighted by molar-refractivity contribution is 6.15. The minimum atomic E-state index is 0.581. The first-order valence-corrected chi connectivity index (χ1v) is 50.0. The van der Waals surface area contributed by atoms with Crippen LogP contribution in [0.5, 0.6) is 0 Å². The van der Waals surface area contributed by atoms with Crippen molar-refractivity contribution in [2.45, 2.75) is 0 Å². The molecule has 20 aromatic carbocycles. The molecule has 8 aromatic heterocycles. The Kier molecular flexibility index (Phi) is 21.0. The van der Waals surface area contributed by atoms with E-state index in [1.54, 1.807) is 0 Å². The second kappa shape index (κ2) is 36.2. The smallest absolute Gasteiger partial charge is 0.235 e. The second-order valence-corrected chi connectivity index (χ2v) is 37.8. The molecule has 12 nitrogen and oxygen atoms in total. The van der Waals surface area contributed by atoms with Crippen LogP contribution < -0.4 is 0 Å². The van der Waals surface area contributed by atoms with Crippen LogP contribution in [0.2, 0.25) is 0 Å². The minimum Gasteiger partial charge on any atom is -0.294 e. The van der Waals surface area contributed by atoms with Crippen molar-refractivity contribution < 1.29 is 0 Å². The average Bonchev–Trinajstić information content (AvgIpc) is 1.58. The molecule has 0 N–H and O–H groups in total. The van der Waals surface area contributed by atoms with Crippen LogP contribution in [-0.4, -0.2) is 58.1 Å². The van der Waals surface area contributed by atoms with Crippen molar-refractivity contribution in [1.29, 1.82) is 0 Å². The lowest BCUT2D eigenvalue weighted by Crippen LogP contribution is -2.04. The molecule has 28 aromatic rings. The zero-order valence-corrected chi connectivity index (χ0v) is 80.0. The molecular weight excluding hydrogens is 1800 g/mol. The highest BCUT2D eigenvalue weighted by Crippen LogP contribution is 2.46. The zero-order chi connectivity index (χ0) is 97.6. The molecule has 690 valence electrons. The SMILES string of the molecule is c1ccc(-c2cccc(-c3cc(-n4c5ccccc5c5cc(-c6ccc7c(c6)c6ccccc6n7-c6cc(-c7cccc(-c8ccc(-c9ccc(-c%10cccc(-c%11cc(-c%12ccccc%12)nc(-n%12c%13ccccc%13c%13cc(-c%14ccc%15c(c%14)c%14ccccc%14n%15-c%14nc(-c%15ccccc%15)cc(-c%15cccc(-c%16ccccc%16)c%15)n%14)ccc%13%12)n%11)c%10)cc9)cc8)c7)nc(-c7ccccc7)n6)ccc54)nc(-c4ccccc4)n3)c2)cc1. The maximum Gasteiger partial charge on any atom is 0.235 e. The first kappa shape index (κ1) is 85.9. The maximum absolute atomic E-state index is 5.56. The Bertz CT molecular complexity index is 9500. The lowest BCUT2D eigenvalue weighted by atomic mass is 9.96. The maximum atomic E-state index is 5.56. The van der Waals surface area contributed by atoms with Gasteiger partial charge in [-0.25, -0.2) is 39.9 Å². The van der Waals surface area contributed by atoms with Gasteiger partial charge in [-0.1, -0.05) is 400 Å². The Morgan fingerprint density at radius 2 is 0.304 bits per heavy atom. The largest absolute Gasteiger partial charge is 0.294 e. The van der Waals surface area contributed by atoms with Crippen LogP contribution in [0.4, 0.5) is 0 Å². The molecule has 8 heterocycles. The van der Waals surface area contributed by atoms with Crippen LogP contribution in [0.3, 0.4) is 0 Å². The molecule has 0 amide bonds. The van der Waals surface area contributed by atoms with Gasteiger partial charge in [0.15, 0.2) is 11.6 Å². The summed E-state index contributed by atoms with van der Waals surface area (Å²) in [6.07, 6.45) is 0. The first-order valence-electron chi connectivity index (χ1n) is 50.0. The molecular formula is C136H86N12. The summed E-state index contributed by atoms with van der Waals surface area (Å²) in [5, 5.41) is 8.91. The van der Waals surface area contributed by atoms with E-state index in [1.165, 1.54) is 0 Å². The fraction of sp³-hybridized carbons (Fsp3) is 0. The molecule has 148 heavy (non-hydrogen) atoms. The topological polar surface area (TPSA) is 123 Å². The van der Waals surface area contributed by atoms with Gasteiger partial charge in [-0.05, 0) is 187 Å². The molecule has 0 aliphatic rings. The summed E-state index contributed by atoms with van der Waals surface area (Å²) in [5.41, 5.74) is 36.6. The van der Waals surface area contributed by atoms with E-state index in [0.717, 1.165) is 255 Å². The molecule has 0 fully saturated rings. The Morgan fingerprint density at radius 3 is 0.601 bits per heavy atom. The molecule has 0 radical (unpaired) electrons. The molecule has 0 aliphatic heterocycles. The number of nitrogens with zero attached hydrogens (tertiary/aromatic N) is 12. The predicted octanol–water partition coefficient (Wildman–Crippen LogP) is 34.2. The first-order chi connectivity index (χ1) is 73.3. The fourth-order valence-electron chi connectivity index (χ4n) is 21.6. The van der Waals surface area contributed by atoms with Crippen molar-refractivity contribution in [1.82, 2.24) is 58.1 Å². The Labute approximate surface area is 852 Å². The van der Waals surface area contributed by atoms with Gasteiger partial charge in [-0.2, -0.15) is 0 Å².